The molecule has 0 spiro atoms. The molecule has 5 atom stereocenters. The molecule has 3 aromatic rings. The number of allylic oxidation sites excluding steroid dienone is 1. The van der Waals surface area contributed by atoms with E-state index in [4.69, 9.17) is 4.74 Å². The summed E-state index contributed by atoms with van der Waals surface area (Å²) in [5.41, 5.74) is 2.64. The van der Waals surface area contributed by atoms with E-state index in [1.54, 1.807) is 34.1 Å². The Kier molecular flexibility index (Phi) is 9.36. The minimum Gasteiger partial charge on any atom is -0.461 e. The summed E-state index contributed by atoms with van der Waals surface area (Å²) in [6.07, 6.45) is 7.38. The van der Waals surface area contributed by atoms with Gasteiger partial charge < -0.3 is 19.4 Å². The summed E-state index contributed by atoms with van der Waals surface area (Å²) < 4.78 is 20.9. The van der Waals surface area contributed by atoms with Crippen LogP contribution < -0.4 is 5.56 Å². The van der Waals surface area contributed by atoms with Crippen LogP contribution in [0.1, 0.15) is 67.6 Å². The molecule has 1 aromatic heterocycles. The minimum absolute atomic E-state index is 0.00351. The number of piperazine rings is 1. The molecular formula is C39H46FN5O5. The van der Waals surface area contributed by atoms with Crippen LogP contribution in [0.4, 0.5) is 4.39 Å². The first-order valence-corrected chi connectivity index (χ1v) is 17.9. The number of H-pyrrole nitrogens is 1. The van der Waals surface area contributed by atoms with Crippen LogP contribution in [-0.4, -0.2) is 95.1 Å². The van der Waals surface area contributed by atoms with E-state index in [0.717, 1.165) is 12.8 Å². The number of amides is 2. The van der Waals surface area contributed by atoms with Crippen LogP contribution in [0.25, 0.3) is 10.8 Å². The molecule has 4 aliphatic rings. The lowest BCUT2D eigenvalue weighted by Crippen LogP contribution is -2.51. The maximum absolute atomic E-state index is 15.0. The van der Waals surface area contributed by atoms with Crippen LogP contribution >= 0.6 is 0 Å². The molecule has 2 aliphatic heterocycles. The molecule has 2 amide bonds. The Labute approximate surface area is 291 Å². The number of hydrogen-bond donors (Lipinski definition) is 1. The molecule has 7 rings (SSSR count). The van der Waals surface area contributed by atoms with Crippen molar-refractivity contribution in [3.8, 4) is 0 Å². The number of aromatic amines is 1. The first-order chi connectivity index (χ1) is 24.0. The quantitative estimate of drug-likeness (QED) is 0.273. The van der Waals surface area contributed by atoms with Crippen LogP contribution in [0.2, 0.25) is 0 Å². The van der Waals surface area contributed by atoms with Crippen LogP contribution in [0.5, 0.6) is 0 Å². The van der Waals surface area contributed by atoms with E-state index >= 15 is 0 Å². The van der Waals surface area contributed by atoms with Gasteiger partial charge in [-0.2, -0.15) is 5.10 Å². The Morgan fingerprint density at radius 1 is 1.08 bits per heavy atom. The second kappa shape index (κ2) is 13.7. The first kappa shape index (κ1) is 34.1. The summed E-state index contributed by atoms with van der Waals surface area (Å²) in [6, 6.07) is 11.6. The third kappa shape index (κ3) is 6.59. The lowest BCUT2D eigenvalue weighted by atomic mass is 9.59. The molecular weight excluding hydrogens is 637 g/mol. The van der Waals surface area contributed by atoms with Crippen molar-refractivity contribution in [1.82, 2.24) is 24.9 Å². The number of fused-ring (bicyclic) bond motifs is 3. The van der Waals surface area contributed by atoms with E-state index in [9.17, 15) is 23.6 Å². The zero-order chi connectivity index (χ0) is 35.2. The second-order valence-electron chi connectivity index (χ2n) is 15.1. The Morgan fingerprint density at radius 2 is 1.82 bits per heavy atom. The summed E-state index contributed by atoms with van der Waals surface area (Å²) in [6.45, 7) is 7.03. The van der Waals surface area contributed by atoms with Crippen LogP contribution in [-0.2, 0) is 20.7 Å². The van der Waals surface area contributed by atoms with Gasteiger partial charge in [-0.3, -0.25) is 19.2 Å². The fourth-order valence-corrected chi connectivity index (χ4v) is 8.81. The molecule has 0 bridgehead atoms. The molecule has 3 unspecified atom stereocenters. The Bertz CT molecular complexity index is 1900. The molecule has 264 valence electrons. The largest absolute Gasteiger partial charge is 0.461 e. The zero-order valence-corrected chi connectivity index (χ0v) is 29.1. The zero-order valence-electron chi connectivity index (χ0n) is 29.1. The molecule has 1 saturated carbocycles. The fraction of sp³-hybridized carbons (Fsp3) is 0.513. The summed E-state index contributed by atoms with van der Waals surface area (Å²) in [4.78, 5) is 57.2. The van der Waals surface area contributed by atoms with Gasteiger partial charge >= 0.3 is 5.97 Å². The normalized spacial score (nSPS) is 26.4. The van der Waals surface area contributed by atoms with Crippen LogP contribution in [0.15, 0.2) is 58.9 Å². The molecule has 2 saturated heterocycles. The third-order valence-electron chi connectivity index (χ3n) is 11.6. The SMILES string of the molecule is C[C@H]1CCC[C@]2(C)CC3OC(=O)C(CN(C)CCC(=O)N4CCN(C(=O)c5cc(Cc6n[nH]c(=O)c7ccccc67)ccc5F)CC4)C3C=C12. The topological polar surface area (TPSA) is 116 Å². The molecule has 11 heteroatoms. The highest BCUT2D eigenvalue weighted by Gasteiger charge is 2.51. The number of carbonyl (C=O) groups excluding carboxylic acids is 3. The average molecular weight is 684 g/mol. The summed E-state index contributed by atoms with van der Waals surface area (Å²) in [5, 5.41) is 7.96. The van der Waals surface area contributed by atoms with E-state index < -0.39 is 11.7 Å². The maximum atomic E-state index is 15.0. The highest BCUT2D eigenvalue weighted by Crippen LogP contribution is 2.54. The van der Waals surface area contributed by atoms with Gasteiger partial charge in [-0.25, -0.2) is 9.49 Å². The highest BCUT2D eigenvalue weighted by molar-refractivity contribution is 5.95. The summed E-state index contributed by atoms with van der Waals surface area (Å²) >= 11 is 0. The molecule has 1 N–H and O–H groups in total. The van der Waals surface area contributed by atoms with E-state index in [2.05, 4.69) is 35.0 Å². The van der Waals surface area contributed by atoms with Gasteiger partial charge in [-0.05, 0) is 61.4 Å². The standard InChI is InChI=1S/C39H46FN5O5/c1-24-7-6-13-39(2)22-34-28(21-31(24)39)30(38(49)50-34)23-43(3)14-12-35(46)44-15-17-45(18-16-44)37(48)29-19-25(10-11-32(29)40)20-33-26-8-4-5-9-27(26)36(47)42-41-33/h4-5,8-11,19,21,24,28,30,34H,6-7,12-18,20,22-23H2,1-3H3,(H,42,47)/t24-,28?,30?,34?,39+/m0/s1. The van der Waals surface area contributed by atoms with Crippen molar-refractivity contribution < 1.29 is 23.5 Å². The number of benzene rings is 2. The van der Waals surface area contributed by atoms with Crippen molar-refractivity contribution >= 4 is 28.6 Å². The van der Waals surface area contributed by atoms with Crippen molar-refractivity contribution in [1.29, 1.82) is 0 Å². The van der Waals surface area contributed by atoms with Gasteiger partial charge in [0.2, 0.25) is 5.91 Å². The van der Waals surface area contributed by atoms with Gasteiger partial charge in [0.1, 0.15) is 11.9 Å². The number of rotatable bonds is 8. The number of aromatic nitrogens is 2. The Balaban J connectivity index is 0.917. The molecule has 0 radical (unpaired) electrons. The van der Waals surface area contributed by atoms with Gasteiger partial charge in [0, 0.05) is 63.4 Å². The van der Waals surface area contributed by atoms with Gasteiger partial charge in [-0.1, -0.05) is 56.2 Å². The number of ether oxygens (including phenoxy) is 1. The van der Waals surface area contributed by atoms with E-state index in [0.29, 0.717) is 80.1 Å². The number of esters is 1. The number of nitrogens with one attached hydrogen (secondary N) is 1. The monoisotopic (exact) mass is 683 g/mol. The lowest BCUT2D eigenvalue weighted by molar-refractivity contribution is -0.145. The van der Waals surface area contributed by atoms with E-state index in [-0.39, 0.29) is 46.4 Å². The molecule has 3 heterocycles. The molecule has 3 fully saturated rings. The number of halogens is 1. The van der Waals surface area contributed by atoms with E-state index in [1.807, 2.05) is 19.2 Å². The Hall–Kier alpha value is -4.38. The van der Waals surface area contributed by atoms with Crippen LogP contribution in [0, 0.1) is 29.0 Å². The van der Waals surface area contributed by atoms with Crippen molar-refractivity contribution in [3.05, 3.63) is 87.1 Å². The van der Waals surface area contributed by atoms with Gasteiger partial charge in [-0.15, -0.1) is 0 Å². The maximum Gasteiger partial charge on any atom is 0.311 e. The first-order valence-electron chi connectivity index (χ1n) is 17.9. The number of nitrogens with zero attached hydrogens (tertiary/aromatic N) is 4. The van der Waals surface area contributed by atoms with Crippen molar-refractivity contribution in [2.24, 2.45) is 23.2 Å². The predicted octanol–water partition coefficient (Wildman–Crippen LogP) is 4.57. The molecule has 2 aliphatic carbocycles. The molecule has 2 aromatic carbocycles. The summed E-state index contributed by atoms with van der Waals surface area (Å²) in [7, 11) is 1.95. The van der Waals surface area contributed by atoms with Crippen LogP contribution in [0.3, 0.4) is 0 Å². The number of carbonyl (C=O) groups is 3. The van der Waals surface area contributed by atoms with E-state index in [1.165, 1.54) is 24.5 Å². The minimum atomic E-state index is -0.608. The van der Waals surface area contributed by atoms with Gasteiger partial charge in [0.25, 0.3) is 11.5 Å². The highest BCUT2D eigenvalue weighted by atomic mass is 19.1. The fourth-order valence-electron chi connectivity index (χ4n) is 8.81. The van der Waals surface area contributed by atoms with Crippen molar-refractivity contribution in [3.63, 3.8) is 0 Å². The van der Waals surface area contributed by atoms with Crippen molar-refractivity contribution in [2.45, 2.75) is 58.5 Å². The van der Waals surface area contributed by atoms with Gasteiger partial charge in [0.15, 0.2) is 0 Å². The smallest absolute Gasteiger partial charge is 0.311 e. The third-order valence-corrected chi connectivity index (χ3v) is 11.6. The predicted molar refractivity (Wildman–Crippen MR) is 187 cm³/mol. The summed E-state index contributed by atoms with van der Waals surface area (Å²) in [5.74, 6) is -0.770. The average Bonchev–Trinajstić information content (AvgIpc) is 3.40. The molecule has 10 nitrogen and oxygen atoms in total. The van der Waals surface area contributed by atoms with Crippen molar-refractivity contribution in [2.75, 3.05) is 46.3 Å². The second-order valence-corrected chi connectivity index (χ2v) is 15.1. The lowest BCUT2D eigenvalue weighted by Gasteiger charge is -2.46. The number of hydrogen-bond acceptors (Lipinski definition) is 7. The van der Waals surface area contributed by atoms with Gasteiger partial charge in [0.05, 0.1) is 22.6 Å². The Morgan fingerprint density at radius 3 is 2.60 bits per heavy atom. The molecule has 50 heavy (non-hydrogen) atoms.